The predicted molar refractivity (Wildman–Crippen MR) is 118 cm³/mol. The van der Waals surface area contributed by atoms with E-state index >= 15 is 0 Å². The Bertz CT molecular complexity index is 997. The highest BCUT2D eigenvalue weighted by Gasteiger charge is 2.11. The molecule has 0 amide bonds. The number of rotatable bonds is 9. The number of hydrogen-bond acceptors (Lipinski definition) is 5. The number of imidazole rings is 1. The van der Waals surface area contributed by atoms with Gasteiger partial charge in [0.1, 0.15) is 19.4 Å². The standard InChI is InChI=1S/C22H26N4O3P/c1-17(30)15-29-26-14-20(24-22(26)23)19-9-12-25(13-10-19)11-5-8-21(27)28-16-18-6-3-2-4-7-18/h2-4,6-7,9-10,12-15H,5,8,11,16,30H2,1H3,(H2,23,24)/q+1/b17-15+. The summed E-state index contributed by atoms with van der Waals surface area (Å²) in [5, 5.41) is 0.939. The Morgan fingerprint density at radius 1 is 1.23 bits per heavy atom. The Balaban J connectivity index is 1.47. The minimum absolute atomic E-state index is 0.188. The van der Waals surface area contributed by atoms with Crippen molar-refractivity contribution in [3.8, 4) is 11.3 Å². The molecule has 2 N–H and O–H groups in total. The number of ether oxygens (including phenoxy) is 1. The first-order valence-corrected chi connectivity index (χ1v) is 10.2. The lowest BCUT2D eigenvalue weighted by Crippen LogP contribution is -2.32. The number of benzene rings is 1. The maximum absolute atomic E-state index is 11.9. The molecule has 1 aromatic carbocycles. The molecule has 2 aromatic heterocycles. The van der Waals surface area contributed by atoms with E-state index in [1.54, 1.807) is 12.5 Å². The van der Waals surface area contributed by atoms with E-state index in [2.05, 4.69) is 14.2 Å². The molecule has 1 unspecified atom stereocenters. The van der Waals surface area contributed by atoms with Crippen molar-refractivity contribution in [2.75, 3.05) is 5.73 Å². The second kappa shape index (κ2) is 10.6. The van der Waals surface area contributed by atoms with Crippen LogP contribution in [0.4, 0.5) is 5.95 Å². The summed E-state index contributed by atoms with van der Waals surface area (Å²) in [6.07, 6.45) is 8.30. The number of hydrogen-bond donors (Lipinski definition) is 1. The van der Waals surface area contributed by atoms with Crippen molar-refractivity contribution in [3.63, 3.8) is 0 Å². The molecule has 0 aliphatic heterocycles. The Hall–Kier alpha value is -3.18. The minimum Gasteiger partial charge on any atom is -0.461 e. The third kappa shape index (κ3) is 6.42. The summed E-state index contributed by atoms with van der Waals surface area (Å²) in [5.41, 5.74) is 8.53. The van der Waals surface area contributed by atoms with Gasteiger partial charge in [0.05, 0.1) is 18.3 Å². The van der Waals surface area contributed by atoms with Gasteiger partial charge in [-0.1, -0.05) is 30.3 Å². The Morgan fingerprint density at radius 2 is 1.97 bits per heavy atom. The number of carbonyl (C=O) groups is 1. The van der Waals surface area contributed by atoms with E-state index in [0.717, 1.165) is 28.7 Å². The van der Waals surface area contributed by atoms with E-state index in [0.29, 0.717) is 19.4 Å². The topological polar surface area (TPSA) is 83.2 Å². The van der Waals surface area contributed by atoms with Crippen LogP contribution in [0.1, 0.15) is 25.3 Å². The summed E-state index contributed by atoms with van der Waals surface area (Å²) in [6.45, 7) is 2.93. The molecule has 0 aliphatic carbocycles. The fourth-order valence-corrected chi connectivity index (χ4v) is 2.80. The quantitative estimate of drug-likeness (QED) is 0.247. The number of nitrogen functional groups attached to an aromatic ring is 1. The highest BCUT2D eigenvalue weighted by Crippen LogP contribution is 2.18. The first kappa shape index (κ1) is 21.5. The van der Waals surface area contributed by atoms with Crippen LogP contribution in [-0.2, 0) is 22.7 Å². The number of nitrogens with two attached hydrogens (primary N) is 1. The third-order valence-corrected chi connectivity index (χ3v) is 4.42. The fourth-order valence-electron chi connectivity index (χ4n) is 2.74. The van der Waals surface area contributed by atoms with Crippen LogP contribution in [-0.4, -0.2) is 15.7 Å². The van der Waals surface area contributed by atoms with Crippen LogP contribution in [0.2, 0.25) is 0 Å². The zero-order valence-corrected chi connectivity index (χ0v) is 18.1. The molecule has 0 spiro atoms. The Morgan fingerprint density at radius 3 is 2.67 bits per heavy atom. The van der Waals surface area contributed by atoms with Crippen molar-refractivity contribution in [1.29, 1.82) is 0 Å². The highest BCUT2D eigenvalue weighted by atomic mass is 31.0. The number of carbonyl (C=O) groups excluding carboxylic acids is 1. The molecule has 7 nitrogen and oxygen atoms in total. The van der Waals surface area contributed by atoms with Gasteiger partial charge in [0, 0.05) is 24.1 Å². The van der Waals surface area contributed by atoms with Crippen LogP contribution >= 0.6 is 9.24 Å². The largest absolute Gasteiger partial charge is 0.461 e. The van der Waals surface area contributed by atoms with Gasteiger partial charge in [-0.2, -0.15) is 0 Å². The first-order valence-electron chi connectivity index (χ1n) is 9.64. The normalized spacial score (nSPS) is 11.3. The summed E-state index contributed by atoms with van der Waals surface area (Å²) in [4.78, 5) is 21.7. The molecule has 0 saturated carbocycles. The number of pyridine rings is 1. The Kier molecular flexibility index (Phi) is 7.57. The lowest BCUT2D eigenvalue weighted by molar-refractivity contribution is -0.697. The van der Waals surface area contributed by atoms with Gasteiger partial charge in [-0.25, -0.2) is 9.55 Å². The zero-order chi connectivity index (χ0) is 21.3. The van der Waals surface area contributed by atoms with E-state index in [-0.39, 0.29) is 11.9 Å². The molecule has 3 aromatic rings. The van der Waals surface area contributed by atoms with Crippen molar-refractivity contribution >= 4 is 21.2 Å². The molecule has 3 rings (SSSR count). The maximum Gasteiger partial charge on any atom is 0.306 e. The van der Waals surface area contributed by atoms with Crippen molar-refractivity contribution in [3.05, 3.63) is 78.2 Å². The highest BCUT2D eigenvalue weighted by molar-refractivity contribution is 7.22. The summed E-state index contributed by atoms with van der Waals surface area (Å²) >= 11 is 0. The monoisotopic (exact) mass is 425 g/mol. The van der Waals surface area contributed by atoms with E-state index in [1.807, 2.05) is 66.3 Å². The van der Waals surface area contributed by atoms with Crippen molar-refractivity contribution < 1.29 is 18.9 Å². The van der Waals surface area contributed by atoms with Crippen molar-refractivity contribution in [2.24, 2.45) is 0 Å². The van der Waals surface area contributed by atoms with Gasteiger partial charge in [-0.15, -0.1) is 14.0 Å². The molecular formula is C22H26N4O3P+. The molecule has 1 atom stereocenters. The number of aromatic nitrogens is 3. The number of esters is 1. The molecule has 8 heteroatoms. The molecule has 0 bridgehead atoms. The molecule has 0 fully saturated rings. The second-order valence-electron chi connectivity index (χ2n) is 6.85. The van der Waals surface area contributed by atoms with Gasteiger partial charge in [-0.05, 0) is 17.8 Å². The number of nitrogens with zero attached hydrogens (tertiary/aromatic N) is 3. The molecule has 156 valence electrons. The molecule has 30 heavy (non-hydrogen) atoms. The van der Waals surface area contributed by atoms with E-state index < -0.39 is 0 Å². The fraction of sp³-hybridized carbons (Fsp3) is 0.227. The number of allylic oxidation sites excluding steroid dienone is 1. The summed E-state index contributed by atoms with van der Waals surface area (Å²) in [7, 11) is 2.54. The van der Waals surface area contributed by atoms with E-state index in [1.165, 1.54) is 4.73 Å². The van der Waals surface area contributed by atoms with Gasteiger partial charge < -0.3 is 15.3 Å². The van der Waals surface area contributed by atoms with E-state index in [9.17, 15) is 4.79 Å². The predicted octanol–water partition coefficient (Wildman–Crippen LogP) is 3.11. The van der Waals surface area contributed by atoms with E-state index in [4.69, 9.17) is 15.3 Å². The van der Waals surface area contributed by atoms with Crippen LogP contribution in [0.3, 0.4) is 0 Å². The van der Waals surface area contributed by atoms with Crippen molar-refractivity contribution in [2.45, 2.75) is 32.9 Å². The van der Waals surface area contributed by atoms with Crippen LogP contribution in [0.25, 0.3) is 11.3 Å². The average molecular weight is 425 g/mol. The van der Waals surface area contributed by atoms with Gasteiger partial charge in [0.2, 0.25) is 5.95 Å². The number of aryl methyl sites for hydroxylation is 1. The van der Waals surface area contributed by atoms with Gasteiger partial charge >= 0.3 is 5.97 Å². The Labute approximate surface area is 178 Å². The van der Waals surface area contributed by atoms with Crippen molar-refractivity contribution in [1.82, 2.24) is 9.71 Å². The van der Waals surface area contributed by atoms with Crippen LogP contribution in [0, 0.1) is 0 Å². The molecule has 0 saturated heterocycles. The minimum atomic E-state index is -0.188. The summed E-state index contributed by atoms with van der Waals surface area (Å²) in [5.74, 6) is 0.0881. The van der Waals surface area contributed by atoms with Crippen LogP contribution in [0.5, 0.6) is 0 Å². The average Bonchev–Trinajstić information content (AvgIpc) is 3.12. The summed E-state index contributed by atoms with van der Waals surface area (Å²) in [6, 6.07) is 13.6. The van der Waals surface area contributed by atoms with Crippen LogP contribution in [0.15, 0.2) is 72.6 Å². The molecule has 0 radical (unpaired) electrons. The lowest BCUT2D eigenvalue weighted by atomic mass is 10.2. The SMILES string of the molecule is C/C(P)=C\On1cc(-c2cc[n+](CCCC(=O)OCc3ccccc3)cc2)nc1N. The smallest absolute Gasteiger partial charge is 0.306 e. The molecule has 2 heterocycles. The molecular weight excluding hydrogens is 399 g/mol. The van der Waals surface area contributed by atoms with Gasteiger partial charge in [-0.3, -0.25) is 4.79 Å². The van der Waals surface area contributed by atoms with Crippen LogP contribution < -0.4 is 15.1 Å². The number of anilines is 1. The summed E-state index contributed by atoms with van der Waals surface area (Å²) < 4.78 is 8.74. The third-order valence-electron chi connectivity index (χ3n) is 4.28. The lowest BCUT2D eigenvalue weighted by Gasteiger charge is -2.04. The zero-order valence-electron chi connectivity index (χ0n) is 16.9. The second-order valence-corrected chi connectivity index (χ2v) is 7.76. The first-order chi connectivity index (χ1) is 14.5. The molecule has 0 aliphatic rings. The maximum atomic E-state index is 11.9. The van der Waals surface area contributed by atoms with Gasteiger partial charge in [0.15, 0.2) is 12.4 Å². The van der Waals surface area contributed by atoms with Gasteiger partial charge in [0.25, 0.3) is 0 Å².